The molecule has 0 aliphatic carbocycles. The molecule has 0 atom stereocenters. The van der Waals surface area contributed by atoms with Crippen LogP contribution in [0.15, 0.2) is 0 Å². The SMILES string of the molecule is CCCCCCCCCCCCCCCCCC(=O)O.O.O[Si](O)(O)O.[H-].[K+].[Zn]. The van der Waals surface area contributed by atoms with Crippen molar-refractivity contribution in [2.45, 2.75) is 110 Å². The molecule has 0 saturated heterocycles. The first-order valence-corrected chi connectivity index (χ1v) is 11.7. The molecule has 7 N–H and O–H groups in total. The largest absolute Gasteiger partial charge is 1.00 e. The molecule has 0 saturated carbocycles. The molecule has 28 heavy (non-hydrogen) atoms. The van der Waals surface area contributed by atoms with Gasteiger partial charge in [0.05, 0.1) is 0 Å². The van der Waals surface area contributed by atoms with Gasteiger partial charge in [0.25, 0.3) is 0 Å². The summed E-state index contributed by atoms with van der Waals surface area (Å²) in [6.07, 6.45) is 20.2. The normalized spacial score (nSPS) is 9.89. The zero-order valence-electron chi connectivity index (χ0n) is 19.2. The second-order valence-corrected chi connectivity index (χ2v) is 7.89. The van der Waals surface area contributed by atoms with Crippen molar-refractivity contribution in [1.29, 1.82) is 0 Å². The van der Waals surface area contributed by atoms with E-state index in [0.29, 0.717) is 6.42 Å². The minimum Gasteiger partial charge on any atom is -1.00 e. The quantitative estimate of drug-likeness (QED) is 0.148. The average Bonchev–Trinajstić information content (AvgIpc) is 2.49. The van der Waals surface area contributed by atoms with Crippen LogP contribution in [0.2, 0.25) is 0 Å². The summed E-state index contributed by atoms with van der Waals surface area (Å²) in [5.74, 6) is -0.653. The molecule has 0 aliphatic rings. The number of unbranched alkanes of at least 4 members (excludes halogenated alkanes) is 14. The molecular weight excluding hydrogens is 461 g/mol. The Labute approximate surface area is 229 Å². The summed E-state index contributed by atoms with van der Waals surface area (Å²) < 4.78 is 0. The van der Waals surface area contributed by atoms with Crippen molar-refractivity contribution in [2.24, 2.45) is 0 Å². The maximum Gasteiger partial charge on any atom is 1.00 e. The predicted octanol–water partition coefficient (Wildman–Crippen LogP) is 0.0130. The number of rotatable bonds is 16. The van der Waals surface area contributed by atoms with E-state index in [9.17, 15) is 4.79 Å². The standard InChI is InChI=1S/C18H36O2.K.H4O4Si.H2O.Zn.H/c1-2-3-4-5-6-7-8-9-10-11-12-13-14-15-16-17-18(19)20;;1-5(2,3)4;;;/h2-17H2,1H3,(H,19,20);;1-4H;1H2;;/q;+1;;;;-1. The van der Waals surface area contributed by atoms with Crippen molar-refractivity contribution >= 4 is 15.0 Å². The molecule has 0 radical (unpaired) electrons. The Morgan fingerprint density at radius 3 is 1.11 bits per heavy atom. The van der Waals surface area contributed by atoms with Crippen molar-refractivity contribution in [3.8, 4) is 0 Å². The Balaban J connectivity index is -0.000000131. The summed E-state index contributed by atoms with van der Waals surface area (Å²) >= 11 is 0. The zero-order chi connectivity index (χ0) is 19.4. The van der Waals surface area contributed by atoms with Gasteiger partial charge in [-0.25, -0.2) is 0 Å². The Kier molecular flexibility index (Phi) is 44.3. The van der Waals surface area contributed by atoms with Gasteiger partial charge < -0.3 is 31.2 Å². The van der Waals surface area contributed by atoms with Gasteiger partial charge in [0, 0.05) is 25.9 Å². The van der Waals surface area contributed by atoms with E-state index in [-0.39, 0.29) is 77.8 Å². The Morgan fingerprint density at radius 2 is 0.893 bits per heavy atom. The van der Waals surface area contributed by atoms with Crippen LogP contribution in [0.1, 0.15) is 111 Å². The first-order valence-electron chi connectivity index (χ1n) is 9.88. The smallest absolute Gasteiger partial charge is 1.00 e. The minimum absolute atomic E-state index is 0. The molecule has 0 bridgehead atoms. The second kappa shape index (κ2) is 30.9. The molecule has 0 rings (SSSR count). The van der Waals surface area contributed by atoms with Crippen molar-refractivity contribution < 1.29 is 107 Å². The van der Waals surface area contributed by atoms with Crippen molar-refractivity contribution in [3.63, 3.8) is 0 Å². The van der Waals surface area contributed by atoms with E-state index in [1.807, 2.05) is 0 Å². The molecule has 0 aliphatic heterocycles. The van der Waals surface area contributed by atoms with Gasteiger partial charge in [0.2, 0.25) is 0 Å². The van der Waals surface area contributed by atoms with Crippen LogP contribution in [0.3, 0.4) is 0 Å². The van der Waals surface area contributed by atoms with Gasteiger partial charge in [-0.3, -0.25) is 4.79 Å². The summed E-state index contributed by atoms with van der Waals surface area (Å²) in [4.78, 5) is 39.6. The van der Waals surface area contributed by atoms with Crippen LogP contribution in [0.5, 0.6) is 0 Å². The fraction of sp³-hybridized carbons (Fsp3) is 0.944. The predicted molar refractivity (Wildman–Crippen MR) is 107 cm³/mol. The van der Waals surface area contributed by atoms with Crippen molar-refractivity contribution in [3.05, 3.63) is 0 Å². The topological polar surface area (TPSA) is 150 Å². The van der Waals surface area contributed by atoms with Crippen LogP contribution in [0.4, 0.5) is 0 Å². The van der Waals surface area contributed by atoms with Crippen molar-refractivity contribution in [1.82, 2.24) is 0 Å². The molecule has 0 aromatic heterocycles. The molecule has 0 spiro atoms. The van der Waals surface area contributed by atoms with Gasteiger partial charge in [-0.05, 0) is 6.42 Å². The number of aliphatic carboxylic acids is 1. The Morgan fingerprint density at radius 1 is 0.679 bits per heavy atom. The van der Waals surface area contributed by atoms with Crippen LogP contribution in [-0.4, -0.2) is 44.8 Å². The number of carboxylic acid groups (broad SMARTS) is 1. The number of carboxylic acids is 1. The number of carbonyl (C=O) groups is 1. The Bertz CT molecular complexity index is 296. The molecule has 10 heteroatoms. The monoisotopic (exact) mass is 502 g/mol. The van der Waals surface area contributed by atoms with E-state index < -0.39 is 15.0 Å². The molecule has 0 amide bonds. The van der Waals surface area contributed by atoms with Crippen LogP contribution in [0, 0.1) is 0 Å². The zero-order valence-corrected chi connectivity index (χ0v) is 25.3. The van der Waals surface area contributed by atoms with Crippen molar-refractivity contribution in [2.75, 3.05) is 0 Å². The third-order valence-corrected chi connectivity index (χ3v) is 3.99. The fourth-order valence-electron chi connectivity index (χ4n) is 2.65. The molecule has 7 nitrogen and oxygen atoms in total. The van der Waals surface area contributed by atoms with E-state index >= 15 is 0 Å². The van der Waals surface area contributed by atoms with Gasteiger partial charge in [-0.2, -0.15) is 0 Å². The molecule has 0 fully saturated rings. The van der Waals surface area contributed by atoms with Crippen LogP contribution < -0.4 is 51.4 Å². The van der Waals surface area contributed by atoms with E-state index in [4.69, 9.17) is 24.3 Å². The molecular formula is C18H43KO7SiZn. The molecule has 0 aromatic rings. The van der Waals surface area contributed by atoms with Crippen LogP contribution in [0.25, 0.3) is 0 Å². The first kappa shape index (κ1) is 40.1. The van der Waals surface area contributed by atoms with Gasteiger partial charge in [-0.1, -0.05) is 96.8 Å². The van der Waals surface area contributed by atoms with Gasteiger partial charge in [-0.15, -0.1) is 0 Å². The van der Waals surface area contributed by atoms with E-state index in [0.717, 1.165) is 12.8 Å². The number of hydrogen-bond donors (Lipinski definition) is 5. The first-order chi connectivity index (χ1) is 11.8. The summed E-state index contributed by atoms with van der Waals surface area (Å²) in [6.45, 7) is 2.27. The molecule has 0 unspecified atom stereocenters. The fourth-order valence-corrected chi connectivity index (χ4v) is 2.65. The van der Waals surface area contributed by atoms with Gasteiger partial charge in [0.1, 0.15) is 0 Å². The average molecular weight is 504 g/mol. The van der Waals surface area contributed by atoms with Gasteiger partial charge in [0.15, 0.2) is 0 Å². The molecule has 0 heterocycles. The van der Waals surface area contributed by atoms with E-state index in [1.54, 1.807) is 0 Å². The summed E-state index contributed by atoms with van der Waals surface area (Å²) in [6, 6.07) is 0. The van der Waals surface area contributed by atoms with E-state index in [2.05, 4.69) is 6.92 Å². The third kappa shape index (κ3) is 56.5. The molecule has 164 valence electrons. The van der Waals surface area contributed by atoms with E-state index in [1.165, 1.54) is 83.5 Å². The summed E-state index contributed by atoms with van der Waals surface area (Å²) in [5.41, 5.74) is 0. The molecule has 0 aromatic carbocycles. The second-order valence-electron chi connectivity index (χ2n) is 6.69. The number of hydrogen-bond acceptors (Lipinski definition) is 5. The minimum atomic E-state index is -4.61. The Hall–Kier alpha value is 1.75. The van der Waals surface area contributed by atoms with Crippen LogP contribution in [-0.2, 0) is 24.3 Å². The summed E-state index contributed by atoms with van der Waals surface area (Å²) in [7, 11) is -4.61. The third-order valence-electron chi connectivity index (χ3n) is 3.99. The van der Waals surface area contributed by atoms with Crippen LogP contribution >= 0.6 is 0 Å². The maximum atomic E-state index is 10.3. The summed E-state index contributed by atoms with van der Waals surface area (Å²) in [5, 5.41) is 8.52. The maximum absolute atomic E-state index is 10.3. The van der Waals surface area contributed by atoms with Gasteiger partial charge >= 0.3 is 66.4 Å².